The summed E-state index contributed by atoms with van der Waals surface area (Å²) < 4.78 is 5.12. The van der Waals surface area contributed by atoms with Crippen molar-refractivity contribution >= 4 is 11.6 Å². The molecular weight excluding hydrogens is 234 g/mol. The number of halogens is 1. The highest BCUT2D eigenvalue weighted by molar-refractivity contribution is 6.20. The zero-order valence-corrected chi connectivity index (χ0v) is 11.5. The van der Waals surface area contributed by atoms with Crippen LogP contribution >= 0.6 is 11.6 Å². The van der Waals surface area contributed by atoms with Gasteiger partial charge in [-0.15, -0.1) is 11.6 Å². The number of alkyl halides is 1. The summed E-state index contributed by atoms with van der Waals surface area (Å²) in [7, 11) is 1.69. The van der Waals surface area contributed by atoms with Gasteiger partial charge in [0.2, 0.25) is 0 Å². The molecule has 0 bridgehead atoms. The summed E-state index contributed by atoms with van der Waals surface area (Å²) in [4.78, 5) is 0. The first-order valence-corrected chi connectivity index (χ1v) is 6.67. The Balaban J connectivity index is 2.17. The third-order valence-corrected chi connectivity index (χ3v) is 3.09. The van der Waals surface area contributed by atoms with Crippen LogP contribution in [0, 0.1) is 0 Å². The van der Waals surface area contributed by atoms with Crippen LogP contribution in [0.5, 0.6) is 5.75 Å². The minimum Gasteiger partial charge on any atom is -0.497 e. The second-order valence-corrected chi connectivity index (χ2v) is 4.81. The van der Waals surface area contributed by atoms with Crippen LogP contribution in [0.4, 0.5) is 0 Å². The first-order chi connectivity index (χ1) is 8.26. The molecule has 1 aromatic rings. The molecule has 0 aromatic heterocycles. The van der Waals surface area contributed by atoms with Gasteiger partial charge in [-0.25, -0.2) is 0 Å². The molecule has 1 unspecified atom stereocenters. The van der Waals surface area contributed by atoms with Gasteiger partial charge in [-0.05, 0) is 37.1 Å². The third-order valence-electron chi connectivity index (χ3n) is 2.72. The maximum absolute atomic E-state index is 6.12. The van der Waals surface area contributed by atoms with Crippen LogP contribution < -0.4 is 10.1 Å². The van der Waals surface area contributed by atoms with Crippen LogP contribution in [0.25, 0.3) is 0 Å². The fourth-order valence-corrected chi connectivity index (χ4v) is 2.03. The lowest BCUT2D eigenvalue weighted by Gasteiger charge is -2.09. The number of ether oxygens (including phenoxy) is 1. The van der Waals surface area contributed by atoms with Crippen molar-refractivity contribution in [3.63, 3.8) is 0 Å². The smallest absolute Gasteiger partial charge is 0.118 e. The quantitative estimate of drug-likeness (QED) is 0.569. The zero-order chi connectivity index (χ0) is 12.5. The average molecular weight is 256 g/mol. The minimum atomic E-state index is 0.260. The van der Waals surface area contributed by atoms with E-state index < -0.39 is 0 Å². The molecule has 0 aliphatic rings. The molecule has 0 aliphatic heterocycles. The molecule has 2 nitrogen and oxygen atoms in total. The van der Waals surface area contributed by atoms with E-state index in [0.29, 0.717) is 0 Å². The van der Waals surface area contributed by atoms with E-state index in [1.807, 2.05) is 12.1 Å². The van der Waals surface area contributed by atoms with Gasteiger partial charge in [-0.3, -0.25) is 0 Å². The topological polar surface area (TPSA) is 21.3 Å². The number of methoxy groups -OCH3 is 1. The molecule has 1 rings (SSSR count). The molecular formula is C14H22ClNO. The van der Waals surface area contributed by atoms with Crippen molar-refractivity contribution in [3.8, 4) is 5.75 Å². The maximum Gasteiger partial charge on any atom is 0.118 e. The summed E-state index contributed by atoms with van der Waals surface area (Å²) in [5.74, 6) is 0.908. The van der Waals surface area contributed by atoms with Gasteiger partial charge in [0.25, 0.3) is 0 Å². The molecule has 0 aliphatic carbocycles. The molecule has 17 heavy (non-hydrogen) atoms. The molecule has 3 heteroatoms. The predicted octanol–water partition coefficient (Wildman–Crippen LogP) is 3.23. The van der Waals surface area contributed by atoms with Crippen molar-refractivity contribution in [2.45, 2.75) is 31.6 Å². The van der Waals surface area contributed by atoms with Crippen molar-refractivity contribution in [1.29, 1.82) is 0 Å². The Morgan fingerprint density at radius 1 is 1.29 bits per heavy atom. The number of nitrogens with one attached hydrogen (secondary N) is 1. The van der Waals surface area contributed by atoms with E-state index >= 15 is 0 Å². The van der Waals surface area contributed by atoms with Crippen molar-refractivity contribution < 1.29 is 4.74 Å². The van der Waals surface area contributed by atoms with Crippen LogP contribution in [0.15, 0.2) is 24.3 Å². The van der Waals surface area contributed by atoms with Gasteiger partial charge in [-0.1, -0.05) is 25.5 Å². The van der Waals surface area contributed by atoms with E-state index in [-0.39, 0.29) is 5.38 Å². The van der Waals surface area contributed by atoms with E-state index in [2.05, 4.69) is 24.4 Å². The van der Waals surface area contributed by atoms with Crippen LogP contribution in [-0.2, 0) is 6.42 Å². The molecule has 1 atom stereocenters. The summed E-state index contributed by atoms with van der Waals surface area (Å²) >= 11 is 6.12. The van der Waals surface area contributed by atoms with Gasteiger partial charge in [0.15, 0.2) is 0 Å². The van der Waals surface area contributed by atoms with Crippen molar-refractivity contribution in [2.75, 3.05) is 20.2 Å². The third kappa shape index (κ3) is 5.94. The van der Waals surface area contributed by atoms with E-state index in [1.165, 1.54) is 5.56 Å². The number of benzene rings is 1. The van der Waals surface area contributed by atoms with Gasteiger partial charge in [0, 0.05) is 11.9 Å². The Labute approximate surface area is 109 Å². The van der Waals surface area contributed by atoms with Crippen LogP contribution in [0.2, 0.25) is 0 Å². The molecule has 0 fully saturated rings. The summed E-state index contributed by atoms with van der Waals surface area (Å²) in [6.45, 7) is 4.03. The lowest BCUT2D eigenvalue weighted by atomic mass is 10.1. The number of rotatable bonds is 8. The van der Waals surface area contributed by atoms with Gasteiger partial charge < -0.3 is 10.1 Å². The molecule has 0 amide bonds. The Hall–Kier alpha value is -0.730. The number of hydrogen-bond donors (Lipinski definition) is 1. The normalized spacial score (nSPS) is 12.4. The molecule has 0 heterocycles. The highest BCUT2D eigenvalue weighted by atomic mass is 35.5. The average Bonchev–Trinajstić information content (AvgIpc) is 2.36. The van der Waals surface area contributed by atoms with Crippen molar-refractivity contribution in [3.05, 3.63) is 29.8 Å². The lowest BCUT2D eigenvalue weighted by Crippen LogP contribution is -2.25. The summed E-state index contributed by atoms with van der Waals surface area (Å²) in [5, 5.41) is 3.64. The summed E-state index contributed by atoms with van der Waals surface area (Å²) in [6, 6.07) is 8.20. The summed E-state index contributed by atoms with van der Waals surface area (Å²) in [6.07, 6.45) is 3.26. The maximum atomic E-state index is 6.12. The zero-order valence-electron chi connectivity index (χ0n) is 10.7. The van der Waals surface area contributed by atoms with Gasteiger partial charge in [-0.2, -0.15) is 0 Å². The Kier molecular flexibility index (Phi) is 7.06. The molecule has 0 saturated carbocycles. The molecule has 0 spiro atoms. The van der Waals surface area contributed by atoms with Crippen LogP contribution in [0.3, 0.4) is 0 Å². The monoisotopic (exact) mass is 255 g/mol. The first-order valence-electron chi connectivity index (χ1n) is 6.24. The number of hydrogen-bond acceptors (Lipinski definition) is 2. The largest absolute Gasteiger partial charge is 0.497 e. The second-order valence-electron chi connectivity index (χ2n) is 4.19. The van der Waals surface area contributed by atoms with E-state index in [1.54, 1.807) is 7.11 Å². The highest BCUT2D eigenvalue weighted by Gasteiger charge is 2.01. The molecule has 1 N–H and O–H groups in total. The molecule has 1 aromatic carbocycles. The Morgan fingerprint density at radius 3 is 2.59 bits per heavy atom. The van der Waals surface area contributed by atoms with Gasteiger partial charge in [0.05, 0.1) is 7.11 Å². The van der Waals surface area contributed by atoms with E-state index in [0.717, 1.165) is 38.1 Å². The molecule has 0 saturated heterocycles. The minimum absolute atomic E-state index is 0.260. The van der Waals surface area contributed by atoms with E-state index in [9.17, 15) is 0 Å². The highest BCUT2D eigenvalue weighted by Crippen LogP contribution is 2.11. The van der Waals surface area contributed by atoms with Crippen molar-refractivity contribution in [2.24, 2.45) is 0 Å². The van der Waals surface area contributed by atoms with Gasteiger partial charge >= 0.3 is 0 Å². The van der Waals surface area contributed by atoms with Crippen molar-refractivity contribution in [1.82, 2.24) is 5.32 Å². The van der Waals surface area contributed by atoms with Crippen LogP contribution in [0.1, 0.15) is 25.3 Å². The molecule has 96 valence electrons. The van der Waals surface area contributed by atoms with Gasteiger partial charge in [0.1, 0.15) is 5.75 Å². The summed E-state index contributed by atoms with van der Waals surface area (Å²) in [5.41, 5.74) is 1.32. The first kappa shape index (κ1) is 14.3. The fraction of sp³-hybridized carbons (Fsp3) is 0.571. The Morgan fingerprint density at radius 2 is 2.00 bits per heavy atom. The SMILES string of the molecule is CCCC(Cl)CNCCc1ccc(OC)cc1. The second kappa shape index (κ2) is 8.37. The fourth-order valence-electron chi connectivity index (χ4n) is 1.70. The standard InChI is InChI=1S/C14H22ClNO/c1-3-4-13(15)11-16-10-9-12-5-7-14(17-2)8-6-12/h5-8,13,16H,3-4,9-11H2,1-2H3. The predicted molar refractivity (Wildman–Crippen MR) is 74.1 cm³/mol. The Bertz CT molecular complexity index is 300. The van der Waals surface area contributed by atoms with E-state index in [4.69, 9.17) is 16.3 Å². The lowest BCUT2D eigenvalue weighted by molar-refractivity contribution is 0.414. The molecule has 0 radical (unpaired) electrons. The van der Waals surface area contributed by atoms with Crippen LogP contribution in [-0.4, -0.2) is 25.6 Å².